The van der Waals surface area contributed by atoms with Gasteiger partial charge in [-0.15, -0.1) is 0 Å². The Hall–Kier alpha value is -3.19. The second-order valence-electron chi connectivity index (χ2n) is 7.60. The molecule has 0 spiro atoms. The Balaban J connectivity index is 1.65. The largest absolute Gasteiger partial charge is 0.466 e. The van der Waals surface area contributed by atoms with Crippen molar-refractivity contribution in [2.24, 2.45) is 5.92 Å². The molecule has 6 nitrogen and oxygen atoms in total. The number of benzene rings is 2. The van der Waals surface area contributed by atoms with E-state index in [1.165, 1.54) is 16.8 Å². The molecule has 0 unspecified atom stereocenters. The van der Waals surface area contributed by atoms with E-state index < -0.39 is 0 Å². The number of rotatable bonds is 5. The number of nitrogens with zero attached hydrogens (tertiary/aromatic N) is 3. The first-order valence-electron chi connectivity index (χ1n) is 10.5. The zero-order valence-corrected chi connectivity index (χ0v) is 18.4. The van der Waals surface area contributed by atoms with Crippen LogP contribution in [-0.4, -0.2) is 46.3 Å². The van der Waals surface area contributed by atoms with Crippen LogP contribution < -0.4 is 0 Å². The molecule has 1 aliphatic heterocycles. The number of amides is 1. The average molecular weight is 456 g/mol. The van der Waals surface area contributed by atoms with Crippen LogP contribution in [0.25, 0.3) is 16.9 Å². The van der Waals surface area contributed by atoms with Crippen LogP contribution in [0.1, 0.15) is 30.3 Å². The third-order valence-corrected chi connectivity index (χ3v) is 5.88. The first-order chi connectivity index (χ1) is 15.5. The zero-order valence-electron chi connectivity index (χ0n) is 17.6. The number of ether oxygens (including phenoxy) is 1. The van der Waals surface area contributed by atoms with Gasteiger partial charge in [0.15, 0.2) is 0 Å². The third kappa shape index (κ3) is 4.53. The van der Waals surface area contributed by atoms with E-state index in [0.29, 0.717) is 60.2 Å². The molecular weight excluding hydrogens is 433 g/mol. The number of hydrogen-bond acceptors (Lipinski definition) is 4. The molecule has 3 aromatic rings. The van der Waals surface area contributed by atoms with Gasteiger partial charge in [-0.05, 0) is 56.2 Å². The van der Waals surface area contributed by atoms with Gasteiger partial charge >= 0.3 is 5.97 Å². The topological polar surface area (TPSA) is 64.4 Å². The number of piperidine rings is 1. The standard InChI is InChI=1S/C24H23ClFN3O3/c1-2-32-24(31)16-11-13-28(14-12-16)23(30)22-15-21(19-5-3-4-6-20(19)25)27-29(22)18-9-7-17(26)8-10-18/h3-10,15-16H,2,11-14H2,1H3. The summed E-state index contributed by atoms with van der Waals surface area (Å²) in [6.07, 6.45) is 1.10. The van der Waals surface area contributed by atoms with Crippen molar-refractivity contribution in [1.29, 1.82) is 0 Å². The molecule has 2 heterocycles. The minimum Gasteiger partial charge on any atom is -0.466 e. The Labute approximate surface area is 190 Å². The number of esters is 1. The molecule has 0 bridgehead atoms. The molecule has 0 atom stereocenters. The van der Waals surface area contributed by atoms with E-state index in [4.69, 9.17) is 16.3 Å². The quantitative estimate of drug-likeness (QED) is 0.521. The lowest BCUT2D eigenvalue weighted by Crippen LogP contribution is -2.41. The molecule has 4 rings (SSSR count). The molecule has 1 aromatic heterocycles. The summed E-state index contributed by atoms with van der Waals surface area (Å²) < 4.78 is 20.1. The van der Waals surface area contributed by atoms with Crippen molar-refractivity contribution < 1.29 is 18.7 Å². The SMILES string of the molecule is CCOC(=O)C1CCN(C(=O)c2cc(-c3ccccc3Cl)nn2-c2ccc(F)cc2)CC1. The second-order valence-corrected chi connectivity index (χ2v) is 8.01. The molecule has 32 heavy (non-hydrogen) atoms. The minimum atomic E-state index is -0.374. The number of halogens is 2. The van der Waals surface area contributed by atoms with Gasteiger partial charge in [-0.1, -0.05) is 29.8 Å². The molecule has 0 radical (unpaired) electrons. The molecule has 1 amide bonds. The number of carbonyl (C=O) groups excluding carboxylic acids is 2. The maximum atomic E-state index is 13.5. The minimum absolute atomic E-state index is 0.195. The maximum absolute atomic E-state index is 13.5. The predicted octanol–water partition coefficient (Wildman–Crippen LogP) is 4.75. The highest BCUT2D eigenvalue weighted by atomic mass is 35.5. The molecular formula is C24H23ClFN3O3. The van der Waals surface area contributed by atoms with Gasteiger partial charge < -0.3 is 9.64 Å². The predicted molar refractivity (Wildman–Crippen MR) is 119 cm³/mol. The van der Waals surface area contributed by atoms with E-state index in [1.807, 2.05) is 18.2 Å². The van der Waals surface area contributed by atoms with Crippen molar-refractivity contribution in [3.8, 4) is 16.9 Å². The average Bonchev–Trinajstić information content (AvgIpc) is 3.25. The zero-order chi connectivity index (χ0) is 22.7. The molecule has 1 aliphatic rings. The van der Waals surface area contributed by atoms with Crippen LogP contribution in [0.15, 0.2) is 54.6 Å². The molecule has 2 aromatic carbocycles. The molecule has 0 saturated carbocycles. The third-order valence-electron chi connectivity index (χ3n) is 5.55. The highest BCUT2D eigenvalue weighted by molar-refractivity contribution is 6.33. The lowest BCUT2D eigenvalue weighted by atomic mass is 9.97. The van der Waals surface area contributed by atoms with Crippen molar-refractivity contribution in [3.05, 3.63) is 71.1 Å². The van der Waals surface area contributed by atoms with Gasteiger partial charge in [0.2, 0.25) is 0 Å². The van der Waals surface area contributed by atoms with Crippen LogP contribution in [-0.2, 0) is 9.53 Å². The summed E-state index contributed by atoms with van der Waals surface area (Å²) >= 11 is 6.35. The Bertz CT molecular complexity index is 1120. The van der Waals surface area contributed by atoms with Gasteiger partial charge in [-0.2, -0.15) is 5.10 Å². The van der Waals surface area contributed by atoms with Crippen LogP contribution in [0.2, 0.25) is 5.02 Å². The summed E-state index contributed by atoms with van der Waals surface area (Å²) in [5.41, 5.74) is 2.16. The van der Waals surface area contributed by atoms with Crippen LogP contribution in [0.5, 0.6) is 0 Å². The lowest BCUT2D eigenvalue weighted by molar-refractivity contribution is -0.149. The first kappa shape index (κ1) is 22.0. The van der Waals surface area contributed by atoms with Crippen molar-refractivity contribution >= 4 is 23.5 Å². The van der Waals surface area contributed by atoms with Gasteiger partial charge in [-0.25, -0.2) is 9.07 Å². The monoisotopic (exact) mass is 455 g/mol. The van der Waals surface area contributed by atoms with Crippen LogP contribution in [0, 0.1) is 11.7 Å². The summed E-state index contributed by atoms with van der Waals surface area (Å²) in [5.74, 6) is -0.986. The normalized spacial score (nSPS) is 14.4. The highest BCUT2D eigenvalue weighted by Gasteiger charge is 2.30. The van der Waals surface area contributed by atoms with Gasteiger partial charge in [0.05, 0.1) is 28.9 Å². The fourth-order valence-corrected chi connectivity index (χ4v) is 4.09. The summed E-state index contributed by atoms with van der Waals surface area (Å²) in [6, 6.07) is 14.8. The van der Waals surface area contributed by atoms with Gasteiger partial charge in [0, 0.05) is 18.7 Å². The highest BCUT2D eigenvalue weighted by Crippen LogP contribution is 2.29. The van der Waals surface area contributed by atoms with Gasteiger partial charge in [0.1, 0.15) is 11.5 Å². The molecule has 0 N–H and O–H groups in total. The molecule has 1 fully saturated rings. The van der Waals surface area contributed by atoms with E-state index in [-0.39, 0.29) is 23.6 Å². The number of hydrogen-bond donors (Lipinski definition) is 0. The van der Waals surface area contributed by atoms with E-state index in [1.54, 1.807) is 36.1 Å². The van der Waals surface area contributed by atoms with E-state index in [9.17, 15) is 14.0 Å². The summed E-state index contributed by atoms with van der Waals surface area (Å²) in [7, 11) is 0. The lowest BCUT2D eigenvalue weighted by Gasteiger charge is -2.30. The maximum Gasteiger partial charge on any atom is 0.309 e. The van der Waals surface area contributed by atoms with Crippen molar-refractivity contribution in [3.63, 3.8) is 0 Å². The van der Waals surface area contributed by atoms with Crippen molar-refractivity contribution in [2.75, 3.05) is 19.7 Å². The van der Waals surface area contributed by atoms with Crippen molar-refractivity contribution in [1.82, 2.24) is 14.7 Å². The smallest absolute Gasteiger partial charge is 0.309 e. The molecule has 8 heteroatoms. The number of carbonyl (C=O) groups is 2. The summed E-state index contributed by atoms with van der Waals surface area (Å²) in [4.78, 5) is 27.2. The number of likely N-dealkylation sites (tertiary alicyclic amines) is 1. The first-order valence-corrected chi connectivity index (χ1v) is 10.9. The summed E-state index contributed by atoms with van der Waals surface area (Å²) in [6.45, 7) is 3.01. The van der Waals surface area contributed by atoms with E-state index >= 15 is 0 Å². The van der Waals surface area contributed by atoms with Crippen LogP contribution >= 0.6 is 11.6 Å². The number of aromatic nitrogens is 2. The van der Waals surface area contributed by atoms with Crippen molar-refractivity contribution in [2.45, 2.75) is 19.8 Å². The van der Waals surface area contributed by atoms with Crippen LogP contribution in [0.4, 0.5) is 4.39 Å². The Kier molecular flexibility index (Phi) is 6.55. The Morgan fingerprint density at radius 1 is 1.12 bits per heavy atom. The summed E-state index contributed by atoms with van der Waals surface area (Å²) in [5, 5.41) is 5.13. The molecule has 0 aliphatic carbocycles. The van der Waals surface area contributed by atoms with Gasteiger partial charge in [0.25, 0.3) is 5.91 Å². The fraction of sp³-hybridized carbons (Fsp3) is 0.292. The van der Waals surface area contributed by atoms with E-state index in [2.05, 4.69) is 5.10 Å². The second kappa shape index (κ2) is 9.53. The van der Waals surface area contributed by atoms with Gasteiger partial charge in [-0.3, -0.25) is 9.59 Å². The molecule has 166 valence electrons. The fourth-order valence-electron chi connectivity index (χ4n) is 3.85. The molecule has 1 saturated heterocycles. The Morgan fingerprint density at radius 3 is 2.47 bits per heavy atom. The Morgan fingerprint density at radius 2 is 1.81 bits per heavy atom. The van der Waals surface area contributed by atoms with Crippen LogP contribution in [0.3, 0.4) is 0 Å². The van der Waals surface area contributed by atoms with E-state index in [0.717, 1.165) is 0 Å².